The molecule has 0 heterocycles. The number of benzene rings is 1. The first-order valence-corrected chi connectivity index (χ1v) is 7.79. The molecule has 1 atom stereocenters. The summed E-state index contributed by atoms with van der Waals surface area (Å²) in [6, 6.07) is 6.39. The lowest BCUT2D eigenvalue weighted by atomic mass is 10.2. The van der Waals surface area contributed by atoms with Gasteiger partial charge in [-0.2, -0.15) is 9.98 Å². The second kappa shape index (κ2) is 6.24. The fourth-order valence-corrected chi connectivity index (χ4v) is 2.71. The summed E-state index contributed by atoms with van der Waals surface area (Å²) in [5, 5.41) is 8.79. The highest BCUT2D eigenvalue weighted by Gasteiger charge is 2.26. The van der Waals surface area contributed by atoms with Crippen LogP contribution in [-0.4, -0.2) is 26.0 Å². The van der Waals surface area contributed by atoms with Crippen LogP contribution in [0, 0.1) is 11.3 Å². The predicted molar refractivity (Wildman–Crippen MR) is 76.8 cm³/mol. The second-order valence-corrected chi connectivity index (χ2v) is 7.23. The summed E-state index contributed by atoms with van der Waals surface area (Å²) in [6.45, 7) is 6.49. The number of hydrogen-bond acceptors (Lipinski definition) is 5. The molecule has 0 radical (unpaired) electrons. The van der Waals surface area contributed by atoms with Gasteiger partial charge in [-0.25, -0.2) is 8.42 Å². The molecule has 0 unspecified atom stereocenters. The van der Waals surface area contributed by atoms with Gasteiger partial charge < -0.3 is 4.74 Å². The Morgan fingerprint density at radius 3 is 2.52 bits per heavy atom. The van der Waals surface area contributed by atoms with Crippen LogP contribution < -0.4 is 4.72 Å². The predicted octanol–water partition coefficient (Wildman–Crippen LogP) is 1.57. The van der Waals surface area contributed by atoms with Crippen LogP contribution in [0.1, 0.15) is 33.3 Å². The molecule has 1 aromatic carbocycles. The minimum absolute atomic E-state index is 0.0723. The van der Waals surface area contributed by atoms with Gasteiger partial charge in [-0.15, -0.1) is 0 Å². The Kier molecular flexibility index (Phi) is 5.10. The van der Waals surface area contributed by atoms with Gasteiger partial charge in [0.2, 0.25) is 10.0 Å². The normalized spacial score (nSPS) is 13.3. The molecule has 0 aliphatic carbocycles. The van der Waals surface area contributed by atoms with Gasteiger partial charge in [0, 0.05) is 0 Å². The van der Waals surface area contributed by atoms with Crippen LogP contribution in [0.25, 0.3) is 0 Å². The van der Waals surface area contributed by atoms with E-state index in [0.717, 1.165) is 0 Å². The molecular weight excluding hydrogens is 292 g/mol. The number of esters is 1. The molecule has 0 saturated carbocycles. The van der Waals surface area contributed by atoms with Gasteiger partial charge in [-0.05, 0) is 45.9 Å². The minimum atomic E-state index is -3.89. The van der Waals surface area contributed by atoms with Gasteiger partial charge in [0.15, 0.2) is 0 Å². The summed E-state index contributed by atoms with van der Waals surface area (Å²) in [6.07, 6.45) is 0. The van der Waals surface area contributed by atoms with E-state index in [4.69, 9.17) is 10.00 Å². The summed E-state index contributed by atoms with van der Waals surface area (Å²) in [5.41, 5.74) is -0.472. The summed E-state index contributed by atoms with van der Waals surface area (Å²) in [5.74, 6) is -0.664. The molecule has 1 rings (SSSR count). The van der Waals surface area contributed by atoms with E-state index < -0.39 is 27.6 Å². The highest BCUT2D eigenvalue weighted by molar-refractivity contribution is 7.89. The molecule has 6 nitrogen and oxygen atoms in total. The molecule has 7 heteroatoms. The zero-order chi connectivity index (χ0) is 16.3. The Bertz CT molecular complexity index is 669. The van der Waals surface area contributed by atoms with Crippen LogP contribution in [0.2, 0.25) is 0 Å². The average molecular weight is 310 g/mol. The number of nitrogens with zero attached hydrogens (tertiary/aromatic N) is 1. The number of ether oxygens (including phenoxy) is 1. The maximum atomic E-state index is 12.2. The number of sulfonamides is 1. The van der Waals surface area contributed by atoms with Crippen molar-refractivity contribution in [3.05, 3.63) is 29.8 Å². The standard InChI is InChI=1S/C14H18N2O4S/c1-10(13(17)20-14(2,3)4)16-21(18,19)12-7-5-6-11(8-12)9-15/h5-8,10,16H,1-4H3/t10-/m0/s1. The first kappa shape index (κ1) is 17.1. The molecule has 1 aromatic rings. The Hall–Kier alpha value is -1.91. The van der Waals surface area contributed by atoms with Crippen molar-refractivity contribution >= 4 is 16.0 Å². The first-order chi connectivity index (χ1) is 9.55. The van der Waals surface area contributed by atoms with Crippen molar-refractivity contribution in [3.63, 3.8) is 0 Å². The quantitative estimate of drug-likeness (QED) is 0.851. The Morgan fingerprint density at radius 2 is 2.00 bits per heavy atom. The van der Waals surface area contributed by atoms with Crippen LogP contribution in [-0.2, 0) is 19.6 Å². The number of carbonyl (C=O) groups is 1. The summed E-state index contributed by atoms with van der Waals surface area (Å²) >= 11 is 0. The fraction of sp³-hybridized carbons (Fsp3) is 0.429. The van der Waals surface area contributed by atoms with Crippen molar-refractivity contribution in [1.29, 1.82) is 5.26 Å². The lowest BCUT2D eigenvalue weighted by Gasteiger charge is -2.22. The third-order valence-corrected chi connectivity index (χ3v) is 3.90. The molecular formula is C14H18N2O4S. The van der Waals surface area contributed by atoms with E-state index in [1.54, 1.807) is 20.8 Å². The zero-order valence-electron chi connectivity index (χ0n) is 12.4. The van der Waals surface area contributed by atoms with E-state index in [-0.39, 0.29) is 10.5 Å². The van der Waals surface area contributed by atoms with Gasteiger partial charge in [0.1, 0.15) is 11.6 Å². The van der Waals surface area contributed by atoms with E-state index in [2.05, 4.69) is 4.72 Å². The average Bonchev–Trinajstić information content (AvgIpc) is 2.36. The van der Waals surface area contributed by atoms with Gasteiger partial charge in [0.05, 0.1) is 16.5 Å². The van der Waals surface area contributed by atoms with Gasteiger partial charge in [0.25, 0.3) is 0 Å². The molecule has 114 valence electrons. The molecule has 0 spiro atoms. The molecule has 0 aliphatic rings. The van der Waals surface area contributed by atoms with Crippen LogP contribution in [0.15, 0.2) is 29.2 Å². The summed E-state index contributed by atoms with van der Waals surface area (Å²) in [4.78, 5) is 11.7. The molecule has 0 aromatic heterocycles. The Morgan fingerprint density at radius 1 is 1.38 bits per heavy atom. The van der Waals surface area contributed by atoms with Crippen LogP contribution in [0.5, 0.6) is 0 Å². The maximum absolute atomic E-state index is 12.2. The Labute approximate surface area is 124 Å². The van der Waals surface area contributed by atoms with Crippen molar-refractivity contribution in [3.8, 4) is 6.07 Å². The molecule has 0 bridgehead atoms. The smallest absolute Gasteiger partial charge is 0.324 e. The van der Waals surface area contributed by atoms with Crippen LogP contribution >= 0.6 is 0 Å². The van der Waals surface area contributed by atoms with Crippen molar-refractivity contribution in [2.24, 2.45) is 0 Å². The Balaban J connectivity index is 2.90. The summed E-state index contributed by atoms with van der Waals surface area (Å²) < 4.78 is 31.6. The molecule has 0 aliphatic heterocycles. The zero-order valence-corrected chi connectivity index (χ0v) is 13.2. The largest absolute Gasteiger partial charge is 0.459 e. The molecule has 21 heavy (non-hydrogen) atoms. The van der Waals surface area contributed by atoms with Crippen molar-refractivity contribution < 1.29 is 17.9 Å². The highest BCUT2D eigenvalue weighted by Crippen LogP contribution is 2.13. The number of nitrogens with one attached hydrogen (secondary N) is 1. The highest BCUT2D eigenvalue weighted by atomic mass is 32.2. The van der Waals surface area contributed by atoms with E-state index in [1.165, 1.54) is 31.2 Å². The first-order valence-electron chi connectivity index (χ1n) is 6.30. The topological polar surface area (TPSA) is 96.3 Å². The van der Waals surface area contributed by atoms with Crippen LogP contribution in [0.4, 0.5) is 0 Å². The number of hydrogen-bond donors (Lipinski definition) is 1. The van der Waals surface area contributed by atoms with E-state index >= 15 is 0 Å². The van der Waals surface area contributed by atoms with Crippen LogP contribution in [0.3, 0.4) is 0 Å². The third-order valence-electron chi connectivity index (χ3n) is 2.37. The number of nitriles is 1. The van der Waals surface area contributed by atoms with Gasteiger partial charge >= 0.3 is 5.97 Å². The molecule has 0 fully saturated rings. The van der Waals surface area contributed by atoms with Crippen molar-refractivity contribution in [1.82, 2.24) is 4.72 Å². The van der Waals surface area contributed by atoms with Crippen molar-refractivity contribution in [2.45, 2.75) is 44.2 Å². The third kappa shape index (κ3) is 5.17. The number of rotatable bonds is 4. The lowest BCUT2D eigenvalue weighted by Crippen LogP contribution is -2.42. The van der Waals surface area contributed by atoms with Gasteiger partial charge in [-0.3, -0.25) is 4.79 Å². The van der Waals surface area contributed by atoms with E-state index in [1.807, 2.05) is 6.07 Å². The summed E-state index contributed by atoms with van der Waals surface area (Å²) in [7, 11) is -3.89. The lowest BCUT2D eigenvalue weighted by molar-refractivity contribution is -0.156. The van der Waals surface area contributed by atoms with Gasteiger partial charge in [-0.1, -0.05) is 6.07 Å². The second-order valence-electron chi connectivity index (χ2n) is 5.52. The molecule has 1 N–H and O–H groups in total. The molecule has 0 saturated heterocycles. The van der Waals surface area contributed by atoms with Crippen molar-refractivity contribution in [2.75, 3.05) is 0 Å². The number of carbonyl (C=O) groups excluding carboxylic acids is 1. The monoisotopic (exact) mass is 310 g/mol. The SMILES string of the molecule is C[C@H](NS(=O)(=O)c1cccc(C#N)c1)C(=O)OC(C)(C)C. The molecule has 0 amide bonds. The minimum Gasteiger partial charge on any atom is -0.459 e. The maximum Gasteiger partial charge on any atom is 0.324 e. The van der Waals surface area contributed by atoms with E-state index in [0.29, 0.717) is 0 Å². The fourth-order valence-electron chi connectivity index (χ4n) is 1.47. The van der Waals surface area contributed by atoms with E-state index in [9.17, 15) is 13.2 Å².